The quantitative estimate of drug-likeness (QED) is 0.201. The molecule has 3 aromatic heterocycles. The number of hydrogen-bond acceptors (Lipinski definition) is 5. The molecule has 9 aromatic rings. The summed E-state index contributed by atoms with van der Waals surface area (Å²) >= 11 is 6.11. The zero-order valence-electron chi connectivity index (χ0n) is 23.7. The molecule has 5 nitrogen and oxygen atoms in total. The van der Waals surface area contributed by atoms with Crippen molar-refractivity contribution in [2.75, 3.05) is 0 Å². The predicted molar refractivity (Wildman–Crippen MR) is 181 cm³/mol. The highest BCUT2D eigenvalue weighted by Gasteiger charge is 2.16. The maximum absolute atomic E-state index is 6.19. The second-order valence-corrected chi connectivity index (χ2v) is 11.4. The molecule has 0 fully saturated rings. The molecule has 9 rings (SSSR count). The molecule has 0 atom stereocenters. The number of rotatable bonds is 4. The van der Waals surface area contributed by atoms with E-state index in [1.165, 1.54) is 0 Å². The second-order valence-electron chi connectivity index (χ2n) is 11.0. The summed E-state index contributed by atoms with van der Waals surface area (Å²) in [4.78, 5) is 14.9. The Kier molecular flexibility index (Phi) is 5.80. The Bertz CT molecular complexity index is 2420. The van der Waals surface area contributed by atoms with Crippen molar-refractivity contribution in [1.82, 2.24) is 15.0 Å². The standard InChI is InChI=1S/C39H22ClN3O2/c40-28-17-13-24(14-18-28)23-9-11-25(12-10-23)37-41-38(26-15-19-31-29-5-1-3-7-33(29)44-35(31)21-26)43-39(42-37)27-16-20-32-30-6-2-4-8-34(30)45-36(32)22-27/h1-22H. The predicted octanol–water partition coefficient (Wildman–Crippen LogP) is 11.0. The van der Waals surface area contributed by atoms with Crippen molar-refractivity contribution < 1.29 is 8.83 Å². The van der Waals surface area contributed by atoms with Crippen LogP contribution in [0, 0.1) is 0 Å². The number of aromatic nitrogens is 3. The fourth-order valence-corrected chi connectivity index (χ4v) is 6.07. The van der Waals surface area contributed by atoms with E-state index in [0.717, 1.165) is 71.7 Å². The first-order valence-corrected chi connectivity index (χ1v) is 15.0. The Hall–Kier alpha value is -5.78. The van der Waals surface area contributed by atoms with Crippen LogP contribution in [0.15, 0.2) is 142 Å². The smallest absolute Gasteiger partial charge is 0.164 e. The number of fused-ring (bicyclic) bond motifs is 6. The minimum atomic E-state index is 0.559. The van der Waals surface area contributed by atoms with E-state index in [-0.39, 0.29) is 0 Å². The van der Waals surface area contributed by atoms with Crippen LogP contribution in [0.25, 0.3) is 89.2 Å². The highest BCUT2D eigenvalue weighted by atomic mass is 35.5. The summed E-state index contributed by atoms with van der Waals surface area (Å²) in [6, 6.07) is 44.4. The topological polar surface area (TPSA) is 65.0 Å². The average molecular weight is 600 g/mol. The molecule has 0 aliphatic carbocycles. The largest absolute Gasteiger partial charge is 0.456 e. The Balaban J connectivity index is 1.20. The Morgan fingerprint density at radius 2 is 0.733 bits per heavy atom. The van der Waals surface area contributed by atoms with Gasteiger partial charge in [0.2, 0.25) is 0 Å². The molecular weight excluding hydrogens is 578 g/mol. The van der Waals surface area contributed by atoms with Crippen molar-refractivity contribution in [1.29, 1.82) is 0 Å². The maximum atomic E-state index is 6.19. The highest BCUT2D eigenvalue weighted by Crippen LogP contribution is 2.35. The van der Waals surface area contributed by atoms with E-state index in [2.05, 4.69) is 36.4 Å². The van der Waals surface area contributed by atoms with Gasteiger partial charge in [-0.1, -0.05) is 96.5 Å². The number of hydrogen-bond donors (Lipinski definition) is 0. The Morgan fingerprint density at radius 1 is 0.356 bits per heavy atom. The molecule has 6 heteroatoms. The second kappa shape index (κ2) is 10.2. The molecule has 6 aromatic carbocycles. The van der Waals surface area contributed by atoms with Crippen molar-refractivity contribution in [2.45, 2.75) is 0 Å². The van der Waals surface area contributed by atoms with Crippen LogP contribution >= 0.6 is 11.6 Å². The summed E-state index contributed by atoms with van der Waals surface area (Å²) in [5.74, 6) is 1.69. The summed E-state index contributed by atoms with van der Waals surface area (Å²) in [6.07, 6.45) is 0. The van der Waals surface area contributed by atoms with Crippen LogP contribution in [0.4, 0.5) is 0 Å². The van der Waals surface area contributed by atoms with Gasteiger partial charge in [0.1, 0.15) is 22.3 Å². The first kappa shape index (κ1) is 25.7. The minimum absolute atomic E-state index is 0.559. The molecule has 0 N–H and O–H groups in total. The molecule has 0 amide bonds. The zero-order valence-corrected chi connectivity index (χ0v) is 24.5. The van der Waals surface area contributed by atoms with Crippen LogP contribution in [0.2, 0.25) is 5.02 Å². The summed E-state index contributed by atoms with van der Waals surface area (Å²) in [5.41, 5.74) is 8.00. The van der Waals surface area contributed by atoms with Crippen LogP contribution in [0.3, 0.4) is 0 Å². The highest BCUT2D eigenvalue weighted by molar-refractivity contribution is 6.30. The van der Waals surface area contributed by atoms with E-state index in [1.807, 2.05) is 97.1 Å². The molecule has 0 unspecified atom stereocenters. The van der Waals surface area contributed by atoms with Gasteiger partial charge < -0.3 is 8.83 Å². The summed E-state index contributed by atoms with van der Waals surface area (Å²) in [6.45, 7) is 0. The van der Waals surface area contributed by atoms with Gasteiger partial charge in [-0.05, 0) is 59.7 Å². The molecule has 0 saturated heterocycles. The van der Waals surface area contributed by atoms with Gasteiger partial charge in [-0.3, -0.25) is 0 Å². The SMILES string of the molecule is Clc1ccc(-c2ccc(-c3nc(-c4ccc5c(c4)oc4ccccc45)nc(-c4ccc5c(c4)oc4ccccc45)n3)cc2)cc1. The molecule has 0 saturated carbocycles. The fourth-order valence-electron chi connectivity index (χ4n) is 5.95. The Labute approximate surface area is 262 Å². The maximum Gasteiger partial charge on any atom is 0.164 e. The van der Waals surface area contributed by atoms with Crippen LogP contribution in [-0.2, 0) is 0 Å². The van der Waals surface area contributed by atoms with Crippen LogP contribution < -0.4 is 0 Å². The third-order valence-electron chi connectivity index (χ3n) is 8.23. The molecule has 0 spiro atoms. The first-order valence-electron chi connectivity index (χ1n) is 14.6. The molecule has 212 valence electrons. The molecule has 0 radical (unpaired) electrons. The van der Waals surface area contributed by atoms with Crippen LogP contribution in [-0.4, -0.2) is 15.0 Å². The zero-order chi connectivity index (χ0) is 29.9. The number of para-hydroxylation sites is 2. The van der Waals surface area contributed by atoms with Gasteiger partial charge in [-0.25, -0.2) is 15.0 Å². The van der Waals surface area contributed by atoms with Crippen molar-refractivity contribution >= 4 is 55.5 Å². The van der Waals surface area contributed by atoms with Gasteiger partial charge in [0.15, 0.2) is 17.5 Å². The Morgan fingerprint density at radius 3 is 1.24 bits per heavy atom. The number of furan rings is 2. The van der Waals surface area contributed by atoms with Gasteiger partial charge in [0.25, 0.3) is 0 Å². The molecular formula is C39H22ClN3O2. The van der Waals surface area contributed by atoms with E-state index in [4.69, 9.17) is 35.4 Å². The monoisotopic (exact) mass is 599 g/mol. The molecule has 45 heavy (non-hydrogen) atoms. The average Bonchev–Trinajstić information content (AvgIpc) is 3.66. The fraction of sp³-hybridized carbons (Fsp3) is 0. The van der Waals surface area contributed by atoms with Crippen molar-refractivity contribution in [3.8, 4) is 45.3 Å². The van der Waals surface area contributed by atoms with E-state index in [9.17, 15) is 0 Å². The van der Waals surface area contributed by atoms with Crippen molar-refractivity contribution in [2.24, 2.45) is 0 Å². The molecule has 0 aliphatic heterocycles. The minimum Gasteiger partial charge on any atom is -0.456 e. The first-order chi connectivity index (χ1) is 22.2. The van der Waals surface area contributed by atoms with Gasteiger partial charge in [-0.2, -0.15) is 0 Å². The van der Waals surface area contributed by atoms with Crippen LogP contribution in [0.5, 0.6) is 0 Å². The molecule has 0 aliphatic rings. The van der Waals surface area contributed by atoms with E-state index in [1.54, 1.807) is 0 Å². The number of nitrogens with zero attached hydrogens (tertiary/aromatic N) is 3. The summed E-state index contributed by atoms with van der Waals surface area (Å²) < 4.78 is 12.4. The lowest BCUT2D eigenvalue weighted by molar-refractivity contribution is 0.668. The number of halogens is 1. The van der Waals surface area contributed by atoms with E-state index in [0.29, 0.717) is 22.5 Å². The summed E-state index contributed by atoms with van der Waals surface area (Å²) in [5, 5.41) is 4.98. The van der Waals surface area contributed by atoms with Crippen molar-refractivity contribution in [3.05, 3.63) is 138 Å². The third-order valence-corrected chi connectivity index (χ3v) is 8.48. The van der Waals surface area contributed by atoms with Gasteiger partial charge in [0, 0.05) is 43.3 Å². The molecule has 3 heterocycles. The van der Waals surface area contributed by atoms with Gasteiger partial charge in [-0.15, -0.1) is 0 Å². The summed E-state index contributed by atoms with van der Waals surface area (Å²) in [7, 11) is 0. The lowest BCUT2D eigenvalue weighted by atomic mass is 10.0. The van der Waals surface area contributed by atoms with Crippen molar-refractivity contribution in [3.63, 3.8) is 0 Å². The normalized spacial score (nSPS) is 11.7. The van der Waals surface area contributed by atoms with Crippen LogP contribution in [0.1, 0.15) is 0 Å². The lowest BCUT2D eigenvalue weighted by Gasteiger charge is -2.09. The van der Waals surface area contributed by atoms with Gasteiger partial charge in [0.05, 0.1) is 0 Å². The van der Waals surface area contributed by atoms with Gasteiger partial charge >= 0.3 is 0 Å². The lowest BCUT2D eigenvalue weighted by Crippen LogP contribution is -2.00. The number of benzene rings is 6. The van der Waals surface area contributed by atoms with E-state index >= 15 is 0 Å². The third kappa shape index (κ3) is 4.44. The molecule has 0 bridgehead atoms. The van der Waals surface area contributed by atoms with E-state index < -0.39 is 0 Å².